The number of alkyl halides is 3. The van der Waals surface area contributed by atoms with E-state index in [1.165, 1.54) is 12.1 Å². The largest absolute Gasteiger partial charge is 0.484 e. The normalized spacial score (nSPS) is 11.8. The van der Waals surface area contributed by atoms with Crippen molar-refractivity contribution in [1.29, 1.82) is 0 Å². The minimum Gasteiger partial charge on any atom is -0.484 e. The molecular weight excluding hydrogens is 522 g/mol. The summed E-state index contributed by atoms with van der Waals surface area (Å²) in [7, 11) is 0. The first-order valence-electron chi connectivity index (χ1n) is 9.58. The van der Waals surface area contributed by atoms with Crippen molar-refractivity contribution in [2.45, 2.75) is 33.1 Å². The van der Waals surface area contributed by atoms with Gasteiger partial charge in [0.1, 0.15) is 11.4 Å². The van der Waals surface area contributed by atoms with Gasteiger partial charge in [0, 0.05) is 18.4 Å². The molecule has 31 heavy (non-hydrogen) atoms. The maximum Gasteiger partial charge on any atom is 0.422 e. The summed E-state index contributed by atoms with van der Waals surface area (Å²) in [4.78, 5) is 9.12. The number of aromatic nitrogens is 2. The second-order valence-corrected chi connectivity index (χ2v) is 6.72. The van der Waals surface area contributed by atoms with Crippen molar-refractivity contribution >= 4 is 35.6 Å². The molecule has 0 saturated carbocycles. The fourth-order valence-corrected chi connectivity index (χ4v) is 2.83. The van der Waals surface area contributed by atoms with E-state index in [-0.39, 0.29) is 29.7 Å². The highest BCUT2D eigenvalue weighted by molar-refractivity contribution is 14.0. The Hall–Kier alpha value is -2.50. The lowest BCUT2D eigenvalue weighted by atomic mass is 10.2. The molecule has 2 heterocycles. The predicted octanol–water partition coefficient (Wildman–Crippen LogP) is 4.46. The van der Waals surface area contributed by atoms with Crippen LogP contribution in [0.2, 0.25) is 0 Å². The molecule has 0 aliphatic heterocycles. The third-order valence-electron chi connectivity index (χ3n) is 4.27. The van der Waals surface area contributed by atoms with Gasteiger partial charge < -0.3 is 19.8 Å². The number of nitrogens with one attached hydrogen (secondary N) is 2. The van der Waals surface area contributed by atoms with Crippen LogP contribution in [0.15, 0.2) is 53.7 Å². The van der Waals surface area contributed by atoms with Gasteiger partial charge in [0.2, 0.25) is 0 Å². The number of ether oxygens (including phenoxy) is 1. The first-order valence-corrected chi connectivity index (χ1v) is 9.58. The summed E-state index contributed by atoms with van der Waals surface area (Å²) in [5.41, 5.74) is 3.74. The van der Waals surface area contributed by atoms with Crippen molar-refractivity contribution in [3.8, 4) is 5.75 Å². The van der Waals surface area contributed by atoms with Crippen molar-refractivity contribution in [2.24, 2.45) is 4.99 Å². The molecule has 0 aliphatic carbocycles. The molecule has 0 saturated heterocycles. The molecule has 0 bridgehead atoms. The maximum absolute atomic E-state index is 12.2. The van der Waals surface area contributed by atoms with Crippen LogP contribution in [-0.4, -0.2) is 34.7 Å². The lowest BCUT2D eigenvalue weighted by molar-refractivity contribution is -0.153. The third kappa shape index (κ3) is 7.60. The Morgan fingerprint density at radius 1 is 1.13 bits per heavy atom. The van der Waals surface area contributed by atoms with E-state index in [4.69, 9.17) is 4.74 Å². The first kappa shape index (κ1) is 24.8. The Kier molecular flexibility index (Phi) is 8.96. The van der Waals surface area contributed by atoms with E-state index in [1.54, 1.807) is 12.1 Å². The van der Waals surface area contributed by atoms with Gasteiger partial charge in [-0.05, 0) is 43.7 Å². The van der Waals surface area contributed by atoms with E-state index in [9.17, 15) is 13.2 Å². The monoisotopic (exact) mass is 547 g/mol. The number of pyridine rings is 1. The summed E-state index contributed by atoms with van der Waals surface area (Å²) in [5, 5.41) is 6.42. The molecule has 6 nitrogen and oxygen atoms in total. The molecule has 1 aromatic carbocycles. The second-order valence-electron chi connectivity index (χ2n) is 6.72. The summed E-state index contributed by atoms with van der Waals surface area (Å²) in [6.07, 6.45) is -2.37. The minimum atomic E-state index is -4.35. The first-order chi connectivity index (χ1) is 14.3. The number of nitrogens with zero attached hydrogens (tertiary/aromatic N) is 3. The number of fused-ring (bicyclic) bond motifs is 1. The Balaban J connectivity index is 0.00000341. The van der Waals surface area contributed by atoms with Gasteiger partial charge in [-0.25, -0.2) is 9.98 Å². The number of hydrogen-bond acceptors (Lipinski definition) is 3. The Morgan fingerprint density at radius 2 is 1.87 bits per heavy atom. The van der Waals surface area contributed by atoms with Crippen molar-refractivity contribution in [2.75, 3.05) is 13.2 Å². The molecular formula is C21H25F3IN5O. The molecule has 3 rings (SSSR count). The number of hydrogen-bond donors (Lipinski definition) is 2. The van der Waals surface area contributed by atoms with E-state index in [0.29, 0.717) is 25.6 Å². The molecule has 168 valence electrons. The topological polar surface area (TPSA) is 63.0 Å². The summed E-state index contributed by atoms with van der Waals surface area (Å²) in [6.45, 7) is 4.27. The Morgan fingerprint density at radius 3 is 2.52 bits per heavy atom. The molecule has 0 fully saturated rings. The molecule has 0 atom stereocenters. The van der Waals surface area contributed by atoms with Crippen molar-refractivity contribution in [3.05, 3.63) is 65.6 Å². The highest BCUT2D eigenvalue weighted by atomic mass is 127. The van der Waals surface area contributed by atoms with E-state index < -0.39 is 12.8 Å². The van der Waals surface area contributed by atoms with Gasteiger partial charge in [-0.2, -0.15) is 13.2 Å². The quantitative estimate of drug-likeness (QED) is 0.261. The van der Waals surface area contributed by atoms with Crippen LogP contribution >= 0.6 is 24.0 Å². The minimum absolute atomic E-state index is 0. The predicted molar refractivity (Wildman–Crippen MR) is 125 cm³/mol. The van der Waals surface area contributed by atoms with Gasteiger partial charge in [0.05, 0.1) is 18.8 Å². The molecule has 0 amide bonds. The van der Waals surface area contributed by atoms with Crippen LogP contribution in [-0.2, 0) is 13.1 Å². The Labute approximate surface area is 195 Å². The fraction of sp³-hybridized carbons (Fsp3) is 0.333. The van der Waals surface area contributed by atoms with E-state index >= 15 is 0 Å². The van der Waals surface area contributed by atoms with Crippen LogP contribution in [0.4, 0.5) is 13.2 Å². The zero-order chi connectivity index (χ0) is 21.6. The highest BCUT2D eigenvalue weighted by Gasteiger charge is 2.28. The average molecular weight is 547 g/mol. The van der Waals surface area contributed by atoms with Crippen LogP contribution in [0.3, 0.4) is 0 Å². The Bertz CT molecular complexity index is 1000. The van der Waals surface area contributed by atoms with Gasteiger partial charge in [-0.1, -0.05) is 18.2 Å². The molecule has 10 heteroatoms. The molecule has 2 aromatic heterocycles. The number of imidazole rings is 1. The number of rotatable bonds is 7. The zero-order valence-electron chi connectivity index (χ0n) is 17.2. The van der Waals surface area contributed by atoms with Crippen LogP contribution in [0.25, 0.3) is 5.65 Å². The third-order valence-corrected chi connectivity index (χ3v) is 4.27. The second kappa shape index (κ2) is 11.2. The van der Waals surface area contributed by atoms with Gasteiger partial charge >= 0.3 is 6.18 Å². The van der Waals surface area contributed by atoms with Crippen LogP contribution < -0.4 is 15.4 Å². The lowest BCUT2D eigenvalue weighted by Crippen LogP contribution is -2.36. The standard InChI is InChI=1S/C21H24F3N5O.HI/c1-3-25-20(27-12-17-13-29-15(2)5-4-6-19(29)28-17)26-11-16-7-9-18(10-8-16)30-14-21(22,23)24;/h4-10,13H,3,11-12,14H2,1-2H3,(H2,25,26,27);1H. The van der Waals surface area contributed by atoms with Gasteiger partial charge in [-0.3, -0.25) is 0 Å². The van der Waals surface area contributed by atoms with E-state index in [2.05, 4.69) is 20.6 Å². The maximum atomic E-state index is 12.2. The molecule has 0 aliphatic rings. The smallest absolute Gasteiger partial charge is 0.422 e. The number of halogens is 4. The van der Waals surface area contributed by atoms with Crippen molar-refractivity contribution in [1.82, 2.24) is 20.0 Å². The van der Waals surface area contributed by atoms with E-state index in [0.717, 1.165) is 22.6 Å². The highest BCUT2D eigenvalue weighted by Crippen LogP contribution is 2.19. The average Bonchev–Trinajstić information content (AvgIpc) is 3.13. The van der Waals surface area contributed by atoms with Crippen LogP contribution in [0, 0.1) is 6.92 Å². The van der Waals surface area contributed by atoms with Crippen LogP contribution in [0.5, 0.6) is 5.75 Å². The molecule has 3 aromatic rings. The number of aliphatic imine (C=N–C) groups is 1. The zero-order valence-corrected chi connectivity index (χ0v) is 19.6. The van der Waals surface area contributed by atoms with Gasteiger partial charge in [-0.15, -0.1) is 24.0 Å². The number of benzene rings is 1. The molecule has 0 radical (unpaired) electrons. The van der Waals surface area contributed by atoms with Crippen molar-refractivity contribution < 1.29 is 17.9 Å². The van der Waals surface area contributed by atoms with Crippen LogP contribution in [0.1, 0.15) is 23.9 Å². The number of guanidine groups is 1. The van der Waals surface area contributed by atoms with Gasteiger partial charge in [0.15, 0.2) is 12.6 Å². The molecule has 0 spiro atoms. The summed E-state index contributed by atoms with van der Waals surface area (Å²) < 4.78 is 43.4. The van der Waals surface area contributed by atoms with E-state index in [1.807, 2.05) is 42.6 Å². The summed E-state index contributed by atoms with van der Waals surface area (Å²) in [6, 6.07) is 12.4. The molecule has 0 unspecified atom stereocenters. The lowest BCUT2D eigenvalue weighted by Gasteiger charge is -2.11. The summed E-state index contributed by atoms with van der Waals surface area (Å²) in [5.74, 6) is 0.802. The summed E-state index contributed by atoms with van der Waals surface area (Å²) >= 11 is 0. The van der Waals surface area contributed by atoms with Crippen molar-refractivity contribution in [3.63, 3.8) is 0 Å². The fourth-order valence-electron chi connectivity index (χ4n) is 2.83. The SMILES string of the molecule is CCNC(=NCc1ccc(OCC(F)(F)F)cc1)NCc1cn2c(C)cccc2n1.I. The van der Waals surface area contributed by atoms with Gasteiger partial charge in [0.25, 0.3) is 0 Å². The number of aryl methyl sites for hydroxylation is 1. The molecule has 2 N–H and O–H groups in total.